The predicted octanol–water partition coefficient (Wildman–Crippen LogP) is -0.00230. The molecule has 0 aromatic heterocycles. The van der Waals surface area contributed by atoms with E-state index >= 15 is 0 Å². The monoisotopic (exact) mass is 247 g/mol. The van der Waals surface area contributed by atoms with E-state index in [4.69, 9.17) is 5.14 Å². The first-order valence-corrected chi connectivity index (χ1v) is 7.56. The van der Waals surface area contributed by atoms with Crippen molar-refractivity contribution in [2.75, 3.05) is 32.7 Å². The fraction of sp³-hybridized carbons (Fsp3) is 1.00. The molecule has 0 aromatic rings. The van der Waals surface area contributed by atoms with Crippen LogP contribution in [0, 0.1) is 5.92 Å². The van der Waals surface area contributed by atoms with Crippen LogP contribution in [0.25, 0.3) is 0 Å². The quantitative estimate of drug-likeness (QED) is 0.763. The van der Waals surface area contributed by atoms with Gasteiger partial charge in [0.05, 0.1) is 0 Å². The van der Waals surface area contributed by atoms with E-state index in [1.165, 1.54) is 30.2 Å². The van der Waals surface area contributed by atoms with Crippen LogP contribution in [-0.2, 0) is 10.2 Å². The lowest BCUT2D eigenvalue weighted by Gasteiger charge is -2.32. The Kier molecular flexibility index (Phi) is 3.84. The SMILES string of the molecule is NS(=O)(=O)N1CCC(CN2CCCC2)CC1. The first-order chi connectivity index (χ1) is 7.55. The fourth-order valence-corrected chi connectivity index (χ4v) is 3.40. The molecule has 0 atom stereocenters. The van der Waals surface area contributed by atoms with Gasteiger partial charge in [0.15, 0.2) is 0 Å². The van der Waals surface area contributed by atoms with E-state index in [-0.39, 0.29) is 0 Å². The van der Waals surface area contributed by atoms with E-state index in [0.29, 0.717) is 19.0 Å². The summed E-state index contributed by atoms with van der Waals surface area (Å²) in [7, 11) is -3.46. The number of nitrogens with two attached hydrogens (primary N) is 1. The third-order valence-corrected chi connectivity index (χ3v) is 4.73. The van der Waals surface area contributed by atoms with Crippen LogP contribution >= 0.6 is 0 Å². The number of piperidine rings is 1. The largest absolute Gasteiger partial charge is 0.303 e. The fourth-order valence-electron chi connectivity index (χ4n) is 2.68. The molecule has 2 rings (SSSR count). The molecule has 2 aliphatic rings. The second-order valence-corrected chi connectivity index (χ2v) is 6.44. The van der Waals surface area contributed by atoms with Gasteiger partial charge in [0.2, 0.25) is 0 Å². The number of hydrogen-bond acceptors (Lipinski definition) is 3. The van der Waals surface area contributed by atoms with Crippen LogP contribution in [0.15, 0.2) is 0 Å². The highest BCUT2D eigenvalue weighted by atomic mass is 32.2. The molecule has 5 nitrogen and oxygen atoms in total. The summed E-state index contributed by atoms with van der Waals surface area (Å²) in [5.74, 6) is 0.649. The first kappa shape index (κ1) is 12.3. The minimum absolute atomic E-state index is 0.595. The molecule has 0 saturated carbocycles. The summed E-state index contributed by atoms with van der Waals surface area (Å²) in [6.07, 6.45) is 4.53. The van der Waals surface area contributed by atoms with Crippen molar-refractivity contribution >= 4 is 10.2 Å². The summed E-state index contributed by atoms with van der Waals surface area (Å²) in [6.45, 7) is 4.76. The molecule has 0 amide bonds. The van der Waals surface area contributed by atoms with E-state index < -0.39 is 10.2 Å². The van der Waals surface area contributed by atoms with E-state index in [0.717, 1.165) is 19.4 Å². The first-order valence-electron chi connectivity index (χ1n) is 6.06. The van der Waals surface area contributed by atoms with E-state index in [9.17, 15) is 8.42 Å². The highest BCUT2D eigenvalue weighted by Crippen LogP contribution is 2.21. The Hall–Kier alpha value is -0.170. The van der Waals surface area contributed by atoms with Gasteiger partial charge in [-0.05, 0) is 44.7 Å². The third-order valence-electron chi connectivity index (χ3n) is 3.65. The van der Waals surface area contributed by atoms with Crippen LogP contribution in [0.2, 0.25) is 0 Å². The Morgan fingerprint density at radius 2 is 1.62 bits per heavy atom. The average Bonchev–Trinajstić information content (AvgIpc) is 2.70. The van der Waals surface area contributed by atoms with Crippen molar-refractivity contribution in [3.63, 3.8) is 0 Å². The topological polar surface area (TPSA) is 66.6 Å². The molecule has 2 fully saturated rings. The minimum atomic E-state index is -3.46. The smallest absolute Gasteiger partial charge is 0.276 e. The van der Waals surface area contributed by atoms with Gasteiger partial charge in [-0.15, -0.1) is 0 Å². The predicted molar refractivity (Wildman–Crippen MR) is 63.1 cm³/mol. The lowest BCUT2D eigenvalue weighted by molar-refractivity contribution is 0.206. The molecule has 2 N–H and O–H groups in total. The zero-order valence-corrected chi connectivity index (χ0v) is 10.5. The lowest BCUT2D eigenvalue weighted by atomic mass is 9.98. The highest BCUT2D eigenvalue weighted by molar-refractivity contribution is 7.86. The third kappa shape index (κ3) is 3.16. The van der Waals surface area contributed by atoms with Gasteiger partial charge in [0.25, 0.3) is 10.2 Å². The van der Waals surface area contributed by atoms with Gasteiger partial charge in [-0.1, -0.05) is 0 Å². The Labute approximate surface area is 97.8 Å². The summed E-state index contributed by atoms with van der Waals surface area (Å²) in [4.78, 5) is 2.50. The Balaban J connectivity index is 1.76. The number of likely N-dealkylation sites (tertiary alicyclic amines) is 1. The summed E-state index contributed by atoms with van der Waals surface area (Å²) < 4.78 is 23.7. The van der Waals surface area contributed by atoms with Crippen molar-refractivity contribution in [3.05, 3.63) is 0 Å². The van der Waals surface area contributed by atoms with Gasteiger partial charge in [-0.25, -0.2) is 5.14 Å². The summed E-state index contributed by atoms with van der Waals surface area (Å²) in [5, 5.41) is 5.11. The van der Waals surface area contributed by atoms with Gasteiger partial charge in [0.1, 0.15) is 0 Å². The van der Waals surface area contributed by atoms with Gasteiger partial charge in [0, 0.05) is 19.6 Å². The van der Waals surface area contributed by atoms with Crippen molar-refractivity contribution in [3.8, 4) is 0 Å². The summed E-state index contributed by atoms with van der Waals surface area (Å²) >= 11 is 0. The van der Waals surface area contributed by atoms with Crippen LogP contribution < -0.4 is 5.14 Å². The Bertz CT molecular complexity index is 317. The maximum atomic E-state index is 11.1. The summed E-state index contributed by atoms with van der Waals surface area (Å²) in [5.41, 5.74) is 0. The second-order valence-electron chi connectivity index (χ2n) is 4.90. The van der Waals surface area contributed by atoms with Crippen LogP contribution in [0.4, 0.5) is 0 Å². The molecule has 16 heavy (non-hydrogen) atoms. The van der Waals surface area contributed by atoms with Gasteiger partial charge >= 0.3 is 0 Å². The molecule has 94 valence electrons. The van der Waals surface area contributed by atoms with Crippen molar-refractivity contribution in [1.29, 1.82) is 0 Å². The highest BCUT2D eigenvalue weighted by Gasteiger charge is 2.26. The van der Waals surface area contributed by atoms with Crippen LogP contribution in [0.1, 0.15) is 25.7 Å². The van der Waals surface area contributed by atoms with Crippen LogP contribution in [0.5, 0.6) is 0 Å². The Morgan fingerprint density at radius 3 is 2.12 bits per heavy atom. The molecule has 0 spiro atoms. The van der Waals surface area contributed by atoms with Crippen molar-refractivity contribution < 1.29 is 8.42 Å². The zero-order valence-electron chi connectivity index (χ0n) is 9.64. The Morgan fingerprint density at radius 1 is 1.06 bits per heavy atom. The molecule has 2 aliphatic heterocycles. The molecule has 2 saturated heterocycles. The maximum absolute atomic E-state index is 11.1. The lowest BCUT2D eigenvalue weighted by Crippen LogP contribution is -2.44. The van der Waals surface area contributed by atoms with Crippen molar-refractivity contribution in [2.24, 2.45) is 11.1 Å². The molecule has 0 radical (unpaired) electrons. The van der Waals surface area contributed by atoms with E-state index in [2.05, 4.69) is 4.90 Å². The van der Waals surface area contributed by atoms with Gasteiger partial charge in [-0.2, -0.15) is 12.7 Å². The van der Waals surface area contributed by atoms with Crippen molar-refractivity contribution in [2.45, 2.75) is 25.7 Å². The second kappa shape index (κ2) is 5.00. The molecular weight excluding hydrogens is 226 g/mol. The maximum Gasteiger partial charge on any atom is 0.276 e. The van der Waals surface area contributed by atoms with Crippen molar-refractivity contribution in [1.82, 2.24) is 9.21 Å². The van der Waals surface area contributed by atoms with E-state index in [1.807, 2.05) is 0 Å². The van der Waals surface area contributed by atoms with E-state index in [1.54, 1.807) is 0 Å². The number of nitrogens with zero attached hydrogens (tertiary/aromatic N) is 2. The standard InChI is InChI=1S/C10H21N3O2S/c11-16(14,15)13-7-3-10(4-8-13)9-12-5-1-2-6-12/h10H,1-9H2,(H2,11,14,15). The molecule has 0 unspecified atom stereocenters. The van der Waals surface area contributed by atoms with Gasteiger partial charge < -0.3 is 4.90 Å². The van der Waals surface area contributed by atoms with Crippen LogP contribution in [0.3, 0.4) is 0 Å². The van der Waals surface area contributed by atoms with Crippen LogP contribution in [-0.4, -0.2) is 50.3 Å². The number of rotatable bonds is 3. The zero-order chi connectivity index (χ0) is 11.6. The molecular formula is C10H21N3O2S. The number of hydrogen-bond donors (Lipinski definition) is 1. The molecule has 0 bridgehead atoms. The minimum Gasteiger partial charge on any atom is -0.303 e. The molecule has 6 heteroatoms. The molecule has 0 aliphatic carbocycles. The average molecular weight is 247 g/mol. The van der Waals surface area contributed by atoms with Gasteiger partial charge in [-0.3, -0.25) is 0 Å². The molecule has 0 aromatic carbocycles. The normalized spacial score (nSPS) is 26.3. The molecule has 2 heterocycles. The summed E-state index contributed by atoms with van der Waals surface area (Å²) in [6, 6.07) is 0.